The SMILES string of the molecule is CC(C)(O)c1cccc(CN/C=C(\N=N)c2cc(-c3cccc(C#N)c3F)nc(N)n2)n1. The van der Waals surface area contributed by atoms with Crippen molar-refractivity contribution in [3.05, 3.63) is 77.1 Å². The molecule has 0 amide bonds. The van der Waals surface area contributed by atoms with Crippen LogP contribution in [0, 0.1) is 22.7 Å². The largest absolute Gasteiger partial charge is 0.384 e. The van der Waals surface area contributed by atoms with Crippen molar-refractivity contribution in [2.24, 2.45) is 5.11 Å². The highest BCUT2D eigenvalue weighted by Crippen LogP contribution is 2.26. The fourth-order valence-electron chi connectivity index (χ4n) is 2.89. The number of nitriles is 1. The van der Waals surface area contributed by atoms with Gasteiger partial charge in [0.2, 0.25) is 5.95 Å². The summed E-state index contributed by atoms with van der Waals surface area (Å²) in [6, 6.07) is 12.9. The Hall–Kier alpha value is -4.23. The van der Waals surface area contributed by atoms with Crippen molar-refractivity contribution in [3.63, 3.8) is 0 Å². The maximum Gasteiger partial charge on any atom is 0.221 e. The molecular formula is C22H21FN8O. The van der Waals surface area contributed by atoms with Gasteiger partial charge in [0.1, 0.15) is 23.2 Å². The van der Waals surface area contributed by atoms with Gasteiger partial charge in [-0.15, -0.1) is 0 Å². The van der Waals surface area contributed by atoms with Crippen LogP contribution in [0.15, 0.2) is 53.8 Å². The fourth-order valence-corrected chi connectivity index (χ4v) is 2.89. The van der Waals surface area contributed by atoms with Gasteiger partial charge in [-0.1, -0.05) is 12.1 Å². The number of benzene rings is 1. The minimum Gasteiger partial charge on any atom is -0.384 e. The van der Waals surface area contributed by atoms with Crippen LogP contribution in [0.2, 0.25) is 0 Å². The number of nitrogen functional groups attached to an aromatic ring is 1. The monoisotopic (exact) mass is 432 g/mol. The van der Waals surface area contributed by atoms with Gasteiger partial charge in [0.05, 0.1) is 34.9 Å². The van der Waals surface area contributed by atoms with Gasteiger partial charge in [-0.3, -0.25) is 4.98 Å². The lowest BCUT2D eigenvalue weighted by Crippen LogP contribution is -2.19. The summed E-state index contributed by atoms with van der Waals surface area (Å²) in [6.07, 6.45) is 1.46. The van der Waals surface area contributed by atoms with Crippen LogP contribution >= 0.6 is 0 Å². The molecule has 2 aromatic heterocycles. The molecule has 9 nitrogen and oxygen atoms in total. The van der Waals surface area contributed by atoms with Crippen LogP contribution < -0.4 is 11.1 Å². The zero-order valence-corrected chi connectivity index (χ0v) is 17.5. The van der Waals surface area contributed by atoms with Crippen molar-refractivity contribution in [3.8, 4) is 17.3 Å². The zero-order valence-electron chi connectivity index (χ0n) is 17.5. The predicted octanol–water partition coefficient (Wildman–Crippen LogP) is 3.48. The van der Waals surface area contributed by atoms with E-state index >= 15 is 0 Å². The van der Waals surface area contributed by atoms with Crippen LogP contribution in [-0.4, -0.2) is 20.1 Å². The number of nitrogens with two attached hydrogens (primary N) is 1. The van der Waals surface area contributed by atoms with Crippen LogP contribution in [0.3, 0.4) is 0 Å². The van der Waals surface area contributed by atoms with Crippen LogP contribution in [0.5, 0.6) is 0 Å². The van der Waals surface area contributed by atoms with Crippen molar-refractivity contribution < 1.29 is 9.50 Å². The first kappa shape index (κ1) is 22.5. The molecular weight excluding hydrogens is 411 g/mol. The molecule has 3 rings (SSSR count). The summed E-state index contributed by atoms with van der Waals surface area (Å²) in [5, 5.41) is 25.6. The normalized spacial score (nSPS) is 11.7. The summed E-state index contributed by atoms with van der Waals surface area (Å²) in [4.78, 5) is 12.5. The maximum atomic E-state index is 14.6. The summed E-state index contributed by atoms with van der Waals surface area (Å²) < 4.78 is 14.6. The molecule has 0 aliphatic heterocycles. The molecule has 5 N–H and O–H groups in total. The maximum absolute atomic E-state index is 14.6. The molecule has 0 bridgehead atoms. The Labute approximate surface area is 184 Å². The Morgan fingerprint density at radius 1 is 1.28 bits per heavy atom. The molecule has 3 aromatic rings. The number of halogens is 1. The summed E-state index contributed by atoms with van der Waals surface area (Å²) in [5.41, 5.74) is 13.9. The van der Waals surface area contributed by atoms with Crippen LogP contribution in [-0.2, 0) is 12.1 Å². The molecule has 0 saturated heterocycles. The van der Waals surface area contributed by atoms with Crippen molar-refractivity contribution >= 4 is 11.6 Å². The minimum atomic E-state index is -1.07. The molecule has 32 heavy (non-hydrogen) atoms. The lowest BCUT2D eigenvalue weighted by molar-refractivity contribution is 0.0736. The lowest BCUT2D eigenvalue weighted by atomic mass is 10.0. The van der Waals surface area contributed by atoms with Gasteiger partial charge in [-0.2, -0.15) is 10.4 Å². The highest BCUT2D eigenvalue weighted by atomic mass is 19.1. The van der Waals surface area contributed by atoms with Crippen LogP contribution in [0.4, 0.5) is 10.3 Å². The molecule has 1 aromatic carbocycles. The number of aliphatic hydroxyl groups is 1. The molecule has 2 heterocycles. The van der Waals surface area contributed by atoms with E-state index in [1.165, 1.54) is 30.5 Å². The number of pyridine rings is 1. The lowest BCUT2D eigenvalue weighted by Gasteiger charge is -2.17. The Kier molecular flexibility index (Phi) is 6.51. The second-order valence-corrected chi connectivity index (χ2v) is 7.37. The molecule has 162 valence electrons. The molecule has 0 fully saturated rings. The summed E-state index contributed by atoms with van der Waals surface area (Å²) in [5.74, 6) is -0.850. The number of aromatic nitrogens is 3. The number of nitrogens with zero attached hydrogens (tertiary/aromatic N) is 5. The highest BCUT2D eigenvalue weighted by Gasteiger charge is 2.18. The number of hydrogen-bond donors (Lipinski definition) is 4. The quantitative estimate of drug-likeness (QED) is 0.416. The molecule has 0 spiro atoms. The van der Waals surface area contributed by atoms with Crippen LogP contribution in [0.25, 0.3) is 17.0 Å². The molecule has 0 saturated carbocycles. The third-order valence-electron chi connectivity index (χ3n) is 4.48. The van der Waals surface area contributed by atoms with E-state index in [0.29, 0.717) is 17.9 Å². The molecule has 0 aliphatic rings. The Balaban J connectivity index is 1.88. The molecule has 0 unspecified atom stereocenters. The third kappa shape index (κ3) is 5.08. The fraction of sp³-hybridized carbons (Fsp3) is 0.182. The van der Waals surface area contributed by atoms with E-state index in [-0.39, 0.29) is 34.2 Å². The number of hydrogen-bond acceptors (Lipinski definition) is 9. The van der Waals surface area contributed by atoms with E-state index < -0.39 is 11.4 Å². The molecule has 0 aliphatic carbocycles. The topological polar surface area (TPSA) is 157 Å². The minimum absolute atomic E-state index is 0.0873. The Morgan fingerprint density at radius 2 is 2.03 bits per heavy atom. The van der Waals surface area contributed by atoms with E-state index in [9.17, 15) is 9.50 Å². The van der Waals surface area contributed by atoms with Gasteiger partial charge >= 0.3 is 0 Å². The van der Waals surface area contributed by atoms with Crippen molar-refractivity contribution in [2.75, 3.05) is 5.73 Å². The third-order valence-corrected chi connectivity index (χ3v) is 4.48. The first-order valence-electron chi connectivity index (χ1n) is 9.56. The number of rotatable bonds is 7. The summed E-state index contributed by atoms with van der Waals surface area (Å²) in [6.45, 7) is 3.60. The van der Waals surface area contributed by atoms with Gasteiger partial charge in [0.25, 0.3) is 0 Å². The highest BCUT2D eigenvalue weighted by molar-refractivity contribution is 5.69. The first-order valence-corrected chi connectivity index (χ1v) is 9.56. The summed E-state index contributed by atoms with van der Waals surface area (Å²) in [7, 11) is 0. The van der Waals surface area contributed by atoms with E-state index in [1.807, 2.05) is 0 Å². The predicted molar refractivity (Wildman–Crippen MR) is 116 cm³/mol. The average molecular weight is 432 g/mol. The molecule has 0 atom stereocenters. The Morgan fingerprint density at radius 3 is 2.72 bits per heavy atom. The van der Waals surface area contributed by atoms with Gasteiger partial charge in [-0.05, 0) is 44.2 Å². The van der Waals surface area contributed by atoms with E-state index in [0.717, 1.165) is 0 Å². The van der Waals surface area contributed by atoms with E-state index in [4.69, 9.17) is 16.5 Å². The summed E-state index contributed by atoms with van der Waals surface area (Å²) >= 11 is 0. The number of anilines is 1. The first-order chi connectivity index (χ1) is 15.2. The second-order valence-electron chi connectivity index (χ2n) is 7.37. The molecule has 0 radical (unpaired) electrons. The average Bonchev–Trinajstić information content (AvgIpc) is 2.76. The van der Waals surface area contributed by atoms with Gasteiger partial charge in [0, 0.05) is 11.8 Å². The second kappa shape index (κ2) is 9.28. The number of nitrogens with one attached hydrogen (secondary N) is 2. The van der Waals surface area contributed by atoms with Gasteiger partial charge in [-0.25, -0.2) is 19.9 Å². The van der Waals surface area contributed by atoms with Crippen LogP contribution in [0.1, 0.15) is 36.5 Å². The molecule has 10 heteroatoms. The smallest absolute Gasteiger partial charge is 0.221 e. The Bertz CT molecular complexity index is 1230. The zero-order chi connectivity index (χ0) is 23.3. The van der Waals surface area contributed by atoms with Gasteiger partial charge in [0.15, 0.2) is 0 Å². The van der Waals surface area contributed by atoms with E-state index in [1.54, 1.807) is 38.1 Å². The standard InChI is InChI=1S/C22H21FN8O/c1-22(2,32)19-8-4-6-14(28-19)11-27-12-18(31-26)17-9-16(29-21(25)30-17)15-7-3-5-13(10-24)20(15)23/h3-9,12,26-27,32H,11H2,1-2H3,(H2,25,29,30)/b18-12-,31-26?. The van der Waals surface area contributed by atoms with E-state index in [2.05, 4.69) is 25.4 Å². The van der Waals surface area contributed by atoms with Crippen molar-refractivity contribution in [1.82, 2.24) is 20.3 Å². The van der Waals surface area contributed by atoms with Crippen molar-refractivity contribution in [1.29, 1.82) is 10.8 Å². The van der Waals surface area contributed by atoms with Gasteiger partial charge < -0.3 is 16.2 Å². The van der Waals surface area contributed by atoms with Crippen molar-refractivity contribution in [2.45, 2.75) is 26.0 Å².